The minimum Gasteiger partial charge on any atom is -0.351 e. The number of hydrogen-bond acceptors (Lipinski definition) is 2. The average Bonchev–Trinajstić information content (AvgIpc) is 2.28. The van der Waals surface area contributed by atoms with Crippen LogP contribution in [0.1, 0.15) is 34.6 Å². The predicted octanol–water partition coefficient (Wildman–Crippen LogP) is 2.39. The van der Waals surface area contributed by atoms with Crippen molar-refractivity contribution in [1.29, 1.82) is 0 Å². The highest BCUT2D eigenvalue weighted by Gasteiger charge is 2.36. The van der Waals surface area contributed by atoms with Crippen LogP contribution in [0.15, 0.2) is 4.99 Å². The van der Waals surface area contributed by atoms with Crippen LogP contribution < -0.4 is 5.32 Å². The molecule has 1 unspecified atom stereocenters. The summed E-state index contributed by atoms with van der Waals surface area (Å²) >= 11 is 5.24. The van der Waals surface area contributed by atoms with Gasteiger partial charge in [0.25, 0.3) is 0 Å². The zero-order chi connectivity index (χ0) is 10.2. The maximum atomic E-state index is 5.24. The number of thiocarbonyl (C=S) groups is 1. The quantitative estimate of drug-likeness (QED) is 0.689. The first-order valence-electron chi connectivity index (χ1n) is 4.79. The molecule has 3 heteroatoms. The van der Waals surface area contributed by atoms with Crippen molar-refractivity contribution >= 4 is 22.9 Å². The second-order valence-corrected chi connectivity index (χ2v) is 4.82. The van der Waals surface area contributed by atoms with Crippen LogP contribution in [0.25, 0.3) is 0 Å². The largest absolute Gasteiger partial charge is 0.351 e. The fraction of sp³-hybridized carbons (Fsp3) is 0.800. The van der Waals surface area contributed by atoms with Gasteiger partial charge in [-0.25, -0.2) is 0 Å². The highest BCUT2D eigenvalue weighted by Crippen LogP contribution is 2.24. The Bertz CT molecular complexity index is 256. The molecule has 0 aromatic carbocycles. The lowest BCUT2D eigenvalue weighted by atomic mass is 10.00. The minimum atomic E-state index is -0.184. The third-order valence-corrected chi connectivity index (χ3v) is 2.93. The topological polar surface area (TPSA) is 24.4 Å². The summed E-state index contributed by atoms with van der Waals surface area (Å²) in [4.78, 5) is 5.49. The van der Waals surface area contributed by atoms with E-state index in [1.165, 1.54) is 0 Å². The Kier molecular flexibility index (Phi) is 2.76. The maximum absolute atomic E-state index is 5.24. The molecule has 1 aliphatic rings. The lowest BCUT2D eigenvalue weighted by Crippen LogP contribution is -2.43. The molecule has 0 spiro atoms. The molecule has 0 saturated carbocycles. The van der Waals surface area contributed by atoms with E-state index in [0.717, 1.165) is 10.7 Å². The van der Waals surface area contributed by atoms with Crippen molar-refractivity contribution in [3.8, 4) is 0 Å². The first-order chi connectivity index (χ1) is 5.87. The summed E-state index contributed by atoms with van der Waals surface area (Å²) < 4.78 is 0. The van der Waals surface area contributed by atoms with Gasteiger partial charge < -0.3 is 5.32 Å². The Morgan fingerprint density at radius 3 is 2.08 bits per heavy atom. The van der Waals surface area contributed by atoms with E-state index in [4.69, 9.17) is 12.2 Å². The van der Waals surface area contributed by atoms with Crippen LogP contribution >= 0.6 is 12.2 Å². The maximum Gasteiger partial charge on any atom is 0.130 e. The predicted molar refractivity (Wildman–Crippen MR) is 61.2 cm³/mol. The second-order valence-electron chi connectivity index (χ2n) is 4.41. The molecule has 1 atom stereocenters. The van der Waals surface area contributed by atoms with E-state index in [1.807, 2.05) is 0 Å². The van der Waals surface area contributed by atoms with Gasteiger partial charge in [0.05, 0.1) is 5.71 Å². The number of rotatable bonds is 2. The third-order valence-electron chi connectivity index (χ3n) is 2.62. The first-order valence-corrected chi connectivity index (χ1v) is 5.20. The highest BCUT2D eigenvalue weighted by atomic mass is 32.1. The Morgan fingerprint density at radius 1 is 1.31 bits per heavy atom. The number of aliphatic imine (C=N–C) groups is 1. The Hall–Kier alpha value is -0.440. The molecule has 0 aromatic heterocycles. The van der Waals surface area contributed by atoms with Gasteiger partial charge in [-0.15, -0.1) is 0 Å². The van der Waals surface area contributed by atoms with E-state index in [2.05, 4.69) is 44.9 Å². The molecule has 0 aliphatic carbocycles. The van der Waals surface area contributed by atoms with Crippen LogP contribution in [-0.2, 0) is 0 Å². The number of nitrogens with zero attached hydrogens (tertiary/aromatic N) is 1. The van der Waals surface area contributed by atoms with E-state index in [-0.39, 0.29) is 5.66 Å². The van der Waals surface area contributed by atoms with Gasteiger partial charge in [-0.05, 0) is 18.8 Å². The van der Waals surface area contributed by atoms with Crippen LogP contribution in [0.5, 0.6) is 0 Å². The monoisotopic (exact) mass is 198 g/mol. The summed E-state index contributed by atoms with van der Waals surface area (Å²) in [5.41, 5.74) is 0.864. The molecule has 0 radical (unpaired) electrons. The Balaban J connectivity index is 2.94. The van der Waals surface area contributed by atoms with Crippen LogP contribution in [0, 0.1) is 11.8 Å². The summed E-state index contributed by atoms with van der Waals surface area (Å²) in [5.74, 6) is 0.877. The fourth-order valence-electron chi connectivity index (χ4n) is 1.29. The van der Waals surface area contributed by atoms with Crippen molar-refractivity contribution in [2.75, 3.05) is 0 Å². The molecule has 0 saturated heterocycles. The standard InChI is InChI=1S/C10H18N2S/c1-6(2)8-9(13)12-10(5,11-8)7(3)4/h6-7H,1-5H3,(H,12,13). The normalized spacial score (nSPS) is 28.2. The van der Waals surface area contributed by atoms with Crippen molar-refractivity contribution in [3.63, 3.8) is 0 Å². The number of hydrogen-bond donors (Lipinski definition) is 1. The molecular formula is C10H18N2S. The molecule has 1 heterocycles. The summed E-state index contributed by atoms with van der Waals surface area (Å²) in [6.07, 6.45) is 0. The van der Waals surface area contributed by atoms with Crippen molar-refractivity contribution in [2.24, 2.45) is 16.8 Å². The summed E-state index contributed by atoms with van der Waals surface area (Å²) in [6.45, 7) is 10.7. The van der Waals surface area contributed by atoms with Gasteiger partial charge in [0.15, 0.2) is 0 Å². The molecule has 0 bridgehead atoms. The van der Waals surface area contributed by atoms with Gasteiger partial charge in [0.2, 0.25) is 0 Å². The second kappa shape index (κ2) is 3.37. The molecule has 1 rings (SSSR count). The average molecular weight is 198 g/mol. The van der Waals surface area contributed by atoms with Gasteiger partial charge >= 0.3 is 0 Å². The van der Waals surface area contributed by atoms with Crippen molar-refractivity contribution in [2.45, 2.75) is 40.3 Å². The lowest BCUT2D eigenvalue weighted by Gasteiger charge is -2.26. The lowest BCUT2D eigenvalue weighted by molar-refractivity contribution is 0.328. The van der Waals surface area contributed by atoms with E-state index in [0.29, 0.717) is 11.8 Å². The van der Waals surface area contributed by atoms with Crippen LogP contribution in [0.3, 0.4) is 0 Å². The Morgan fingerprint density at radius 2 is 1.85 bits per heavy atom. The van der Waals surface area contributed by atoms with Crippen molar-refractivity contribution < 1.29 is 0 Å². The molecule has 0 amide bonds. The van der Waals surface area contributed by atoms with Crippen molar-refractivity contribution in [1.82, 2.24) is 5.32 Å². The van der Waals surface area contributed by atoms with Gasteiger partial charge in [-0.2, -0.15) is 0 Å². The van der Waals surface area contributed by atoms with Gasteiger partial charge in [0.1, 0.15) is 10.7 Å². The summed E-state index contributed by atoms with van der Waals surface area (Å²) in [7, 11) is 0. The fourth-order valence-corrected chi connectivity index (χ4v) is 1.78. The smallest absolute Gasteiger partial charge is 0.130 e. The molecule has 0 fully saturated rings. The van der Waals surface area contributed by atoms with Crippen LogP contribution in [0.4, 0.5) is 0 Å². The molecule has 0 aromatic rings. The van der Waals surface area contributed by atoms with Gasteiger partial charge in [-0.1, -0.05) is 39.9 Å². The number of nitrogens with one attached hydrogen (secondary N) is 1. The van der Waals surface area contributed by atoms with Crippen LogP contribution in [0.2, 0.25) is 0 Å². The molecule has 1 aliphatic heterocycles. The highest BCUT2D eigenvalue weighted by molar-refractivity contribution is 7.82. The SMILES string of the molecule is CC(C)C1=NC(C)(C(C)C)NC1=S. The zero-order valence-corrected chi connectivity index (χ0v) is 9.83. The molecular weight excluding hydrogens is 180 g/mol. The summed E-state index contributed by atoms with van der Waals surface area (Å²) in [6, 6.07) is 0. The molecule has 1 N–H and O–H groups in total. The molecule has 2 nitrogen and oxygen atoms in total. The van der Waals surface area contributed by atoms with E-state index in [9.17, 15) is 0 Å². The Labute approximate surface area is 85.8 Å². The van der Waals surface area contributed by atoms with Gasteiger partial charge in [0, 0.05) is 0 Å². The third kappa shape index (κ3) is 1.90. The van der Waals surface area contributed by atoms with Crippen molar-refractivity contribution in [3.05, 3.63) is 0 Å². The summed E-state index contributed by atoms with van der Waals surface area (Å²) in [5, 5.41) is 3.29. The van der Waals surface area contributed by atoms with E-state index < -0.39 is 0 Å². The molecule has 13 heavy (non-hydrogen) atoms. The van der Waals surface area contributed by atoms with E-state index in [1.54, 1.807) is 0 Å². The zero-order valence-electron chi connectivity index (χ0n) is 9.01. The van der Waals surface area contributed by atoms with Gasteiger partial charge in [-0.3, -0.25) is 4.99 Å². The van der Waals surface area contributed by atoms with E-state index >= 15 is 0 Å². The first kappa shape index (κ1) is 10.6. The minimum absolute atomic E-state index is 0.184. The molecule has 74 valence electrons. The van der Waals surface area contributed by atoms with Crippen LogP contribution in [-0.4, -0.2) is 16.4 Å².